The van der Waals surface area contributed by atoms with Crippen LogP contribution in [-0.4, -0.2) is 43.6 Å². The first-order valence-electron chi connectivity index (χ1n) is 11.3. The normalized spacial score (nSPS) is 14.8. The molecule has 0 saturated carbocycles. The molecule has 6 heteroatoms. The van der Waals surface area contributed by atoms with Gasteiger partial charge in [0.05, 0.1) is 8.07 Å². The van der Waals surface area contributed by atoms with Crippen LogP contribution in [0.2, 0.25) is 19.6 Å². The fraction of sp³-hybridized carbons (Fsp3) is 0.296. The van der Waals surface area contributed by atoms with Crippen LogP contribution in [0.3, 0.4) is 0 Å². The van der Waals surface area contributed by atoms with Gasteiger partial charge in [-0.15, -0.1) is 0 Å². The number of rotatable bonds is 7. The number of fused-ring (bicyclic) bond motifs is 3. The number of hydrogen-bond acceptors (Lipinski definition) is 4. The maximum atomic E-state index is 12.4. The number of carbonyl (C=O) groups is 1. The topological polar surface area (TPSA) is 78.8 Å². The minimum Gasteiger partial charge on any atom is -0.449 e. The molecule has 2 atom stereocenters. The average molecular weight is 462 g/mol. The summed E-state index contributed by atoms with van der Waals surface area (Å²) in [6, 6.07) is 24.0. The van der Waals surface area contributed by atoms with Gasteiger partial charge in [0.1, 0.15) is 18.8 Å². The van der Waals surface area contributed by atoms with Gasteiger partial charge in [0, 0.05) is 12.5 Å². The van der Waals surface area contributed by atoms with E-state index < -0.39 is 26.4 Å². The molecule has 2 unspecified atom stereocenters. The number of amides is 1. The van der Waals surface area contributed by atoms with Gasteiger partial charge in [0.25, 0.3) is 0 Å². The third-order valence-electron chi connectivity index (χ3n) is 6.26. The van der Waals surface area contributed by atoms with E-state index in [4.69, 9.17) is 4.74 Å². The molecular weight excluding hydrogens is 430 g/mol. The lowest BCUT2D eigenvalue weighted by Gasteiger charge is -2.22. The number of alkyl carbamates (subject to hydrolysis) is 1. The van der Waals surface area contributed by atoms with Crippen molar-refractivity contribution in [3.8, 4) is 11.1 Å². The SMILES string of the molecule is C[Si](C)(C)c1cccc(C(O)C(O)CNC(=O)OCC2c3ccccc3-c3ccccc32)c1. The van der Waals surface area contributed by atoms with Gasteiger partial charge < -0.3 is 20.3 Å². The van der Waals surface area contributed by atoms with Crippen molar-refractivity contribution in [2.45, 2.75) is 37.8 Å². The van der Waals surface area contributed by atoms with E-state index in [9.17, 15) is 15.0 Å². The van der Waals surface area contributed by atoms with Gasteiger partial charge in [0.2, 0.25) is 0 Å². The molecule has 0 fully saturated rings. The molecule has 0 heterocycles. The minimum absolute atomic E-state index is 0.0250. The number of benzene rings is 3. The molecule has 172 valence electrons. The van der Waals surface area contributed by atoms with Crippen LogP contribution < -0.4 is 10.5 Å². The summed E-state index contributed by atoms with van der Waals surface area (Å²) in [6.45, 7) is 6.79. The molecule has 0 saturated heterocycles. The molecule has 3 aromatic carbocycles. The summed E-state index contributed by atoms with van der Waals surface area (Å²) >= 11 is 0. The number of carbonyl (C=O) groups excluding carboxylic acids is 1. The second-order valence-corrected chi connectivity index (χ2v) is 14.7. The number of aliphatic hydroxyl groups excluding tert-OH is 2. The van der Waals surface area contributed by atoms with Crippen molar-refractivity contribution in [3.63, 3.8) is 0 Å². The molecule has 1 amide bonds. The summed E-state index contributed by atoms with van der Waals surface area (Å²) in [7, 11) is -1.54. The number of ether oxygens (including phenoxy) is 1. The molecule has 0 aliphatic heterocycles. The van der Waals surface area contributed by atoms with Crippen molar-refractivity contribution >= 4 is 19.4 Å². The van der Waals surface area contributed by atoms with E-state index in [-0.39, 0.29) is 19.1 Å². The Bertz CT molecular complexity index is 1100. The van der Waals surface area contributed by atoms with E-state index in [0.717, 1.165) is 11.1 Å². The van der Waals surface area contributed by atoms with E-state index in [1.807, 2.05) is 36.4 Å². The Labute approximate surface area is 196 Å². The molecule has 1 aliphatic rings. The van der Waals surface area contributed by atoms with E-state index in [1.165, 1.54) is 16.3 Å². The van der Waals surface area contributed by atoms with Crippen LogP contribution in [0.25, 0.3) is 11.1 Å². The van der Waals surface area contributed by atoms with E-state index in [1.54, 1.807) is 6.07 Å². The van der Waals surface area contributed by atoms with Crippen LogP contribution in [-0.2, 0) is 4.74 Å². The van der Waals surface area contributed by atoms with Crippen LogP contribution in [0, 0.1) is 0 Å². The fourth-order valence-electron chi connectivity index (χ4n) is 4.36. The van der Waals surface area contributed by atoms with Crippen LogP contribution in [0.15, 0.2) is 72.8 Å². The second kappa shape index (κ2) is 9.51. The summed E-state index contributed by atoms with van der Waals surface area (Å²) in [6.07, 6.45) is -2.84. The van der Waals surface area contributed by atoms with Crippen molar-refractivity contribution in [2.75, 3.05) is 13.2 Å². The van der Waals surface area contributed by atoms with Gasteiger partial charge in [-0.05, 0) is 27.8 Å². The Kier molecular flexibility index (Phi) is 6.70. The van der Waals surface area contributed by atoms with Gasteiger partial charge >= 0.3 is 6.09 Å². The number of nitrogens with one attached hydrogen (secondary N) is 1. The van der Waals surface area contributed by atoms with Crippen molar-refractivity contribution in [1.29, 1.82) is 0 Å². The Balaban J connectivity index is 1.34. The minimum atomic E-state index is -1.54. The maximum Gasteiger partial charge on any atom is 0.407 e. The van der Waals surface area contributed by atoms with Crippen molar-refractivity contribution in [1.82, 2.24) is 5.32 Å². The third-order valence-corrected chi connectivity index (χ3v) is 8.30. The smallest absolute Gasteiger partial charge is 0.407 e. The van der Waals surface area contributed by atoms with Crippen molar-refractivity contribution < 1.29 is 19.7 Å². The predicted octanol–water partition coefficient (Wildman–Crippen LogP) is 4.16. The average Bonchev–Trinajstić information content (AvgIpc) is 3.14. The van der Waals surface area contributed by atoms with Gasteiger partial charge in [0.15, 0.2) is 0 Å². The highest BCUT2D eigenvalue weighted by Crippen LogP contribution is 2.44. The first-order valence-corrected chi connectivity index (χ1v) is 14.8. The van der Waals surface area contributed by atoms with Crippen LogP contribution in [0.1, 0.15) is 28.7 Å². The third kappa shape index (κ3) is 5.03. The maximum absolute atomic E-state index is 12.4. The zero-order valence-electron chi connectivity index (χ0n) is 19.3. The highest BCUT2D eigenvalue weighted by Gasteiger charge is 2.29. The van der Waals surface area contributed by atoms with Gasteiger partial charge in [-0.3, -0.25) is 0 Å². The van der Waals surface area contributed by atoms with Gasteiger partial charge in [-0.25, -0.2) is 4.79 Å². The molecule has 3 aromatic rings. The molecule has 0 bridgehead atoms. The summed E-state index contributed by atoms with van der Waals surface area (Å²) in [5.74, 6) is -0.0250. The van der Waals surface area contributed by atoms with Gasteiger partial charge in [-0.1, -0.05) is 97.6 Å². The molecule has 5 nitrogen and oxygen atoms in total. The lowest BCUT2D eigenvalue weighted by Crippen LogP contribution is -2.39. The quantitative estimate of drug-likeness (QED) is 0.462. The standard InChI is InChI=1S/C27H31NO4Si/c1-33(2,3)19-10-8-9-18(15-19)26(30)25(29)16-28-27(31)32-17-24-22-13-6-4-11-20(22)21-12-5-7-14-23(21)24/h4-15,24-26,29-30H,16-17H2,1-3H3,(H,28,31). The summed E-state index contributed by atoms with van der Waals surface area (Å²) in [4.78, 5) is 12.4. The molecule has 1 aliphatic carbocycles. The summed E-state index contributed by atoms with van der Waals surface area (Å²) < 4.78 is 5.50. The van der Waals surface area contributed by atoms with Crippen LogP contribution >= 0.6 is 0 Å². The molecule has 3 N–H and O–H groups in total. The molecule has 0 radical (unpaired) electrons. The number of hydrogen-bond donors (Lipinski definition) is 3. The highest BCUT2D eigenvalue weighted by atomic mass is 28.3. The van der Waals surface area contributed by atoms with Crippen molar-refractivity contribution in [3.05, 3.63) is 89.5 Å². The zero-order valence-corrected chi connectivity index (χ0v) is 20.3. The molecule has 0 spiro atoms. The van der Waals surface area contributed by atoms with E-state index in [0.29, 0.717) is 5.56 Å². The first-order chi connectivity index (χ1) is 15.8. The Morgan fingerprint density at radius 1 is 0.939 bits per heavy atom. The van der Waals surface area contributed by atoms with Crippen LogP contribution in [0.4, 0.5) is 4.79 Å². The Morgan fingerprint density at radius 3 is 2.15 bits per heavy atom. The molecule has 0 aromatic heterocycles. The van der Waals surface area contributed by atoms with E-state index >= 15 is 0 Å². The largest absolute Gasteiger partial charge is 0.449 e. The van der Waals surface area contributed by atoms with Crippen molar-refractivity contribution in [2.24, 2.45) is 0 Å². The van der Waals surface area contributed by atoms with Gasteiger partial charge in [-0.2, -0.15) is 0 Å². The summed E-state index contributed by atoms with van der Waals surface area (Å²) in [5.41, 5.74) is 5.27. The molecule has 4 rings (SSSR count). The monoisotopic (exact) mass is 461 g/mol. The second-order valence-electron chi connectivity index (χ2n) is 9.59. The van der Waals surface area contributed by atoms with Crippen LogP contribution in [0.5, 0.6) is 0 Å². The first kappa shape index (κ1) is 23.2. The molecular formula is C27H31NO4Si. The predicted molar refractivity (Wildman–Crippen MR) is 133 cm³/mol. The lowest BCUT2D eigenvalue weighted by atomic mass is 9.98. The number of aliphatic hydroxyl groups is 2. The fourth-order valence-corrected chi connectivity index (χ4v) is 5.56. The molecule has 33 heavy (non-hydrogen) atoms. The lowest BCUT2D eigenvalue weighted by molar-refractivity contribution is 0.0186. The Morgan fingerprint density at radius 2 is 1.55 bits per heavy atom. The highest BCUT2D eigenvalue weighted by molar-refractivity contribution is 6.88. The zero-order chi connectivity index (χ0) is 23.6. The van der Waals surface area contributed by atoms with E-state index in [2.05, 4.69) is 55.3 Å². The Hall–Kier alpha value is -2.93. The summed E-state index contributed by atoms with van der Waals surface area (Å²) in [5, 5.41) is 24.8.